The van der Waals surface area contributed by atoms with Crippen LogP contribution in [0.4, 0.5) is 5.69 Å². The van der Waals surface area contributed by atoms with Gasteiger partial charge < -0.3 is 15.5 Å². The lowest BCUT2D eigenvalue weighted by Gasteiger charge is -2.35. The molecule has 2 amide bonds. The van der Waals surface area contributed by atoms with E-state index < -0.39 is 5.91 Å². The van der Waals surface area contributed by atoms with Crippen LogP contribution >= 0.6 is 11.6 Å². The summed E-state index contributed by atoms with van der Waals surface area (Å²) in [5.41, 5.74) is 8.20. The molecule has 0 spiro atoms. The van der Waals surface area contributed by atoms with Gasteiger partial charge in [-0.15, -0.1) is 0 Å². The van der Waals surface area contributed by atoms with Gasteiger partial charge in [-0.1, -0.05) is 17.7 Å². The molecule has 0 bridgehead atoms. The molecule has 3 heterocycles. The Balaban J connectivity index is 1.39. The zero-order valence-electron chi connectivity index (χ0n) is 15.7. The number of nitrogens with two attached hydrogens (primary N) is 1. The third-order valence-electron chi connectivity index (χ3n) is 5.01. The molecule has 4 rings (SSSR count). The van der Waals surface area contributed by atoms with Crippen molar-refractivity contribution in [2.45, 2.75) is 0 Å². The van der Waals surface area contributed by atoms with Crippen LogP contribution in [-0.4, -0.2) is 52.3 Å². The summed E-state index contributed by atoms with van der Waals surface area (Å²) in [7, 11) is 0. The Hall–Kier alpha value is -3.32. The van der Waals surface area contributed by atoms with Crippen LogP contribution in [0.2, 0.25) is 5.15 Å². The Bertz CT molecular complexity index is 1080. The molecule has 3 aromatic rings. The van der Waals surface area contributed by atoms with E-state index in [4.69, 9.17) is 17.3 Å². The van der Waals surface area contributed by atoms with E-state index in [0.29, 0.717) is 42.6 Å². The number of aromatic nitrogens is 2. The van der Waals surface area contributed by atoms with Crippen molar-refractivity contribution in [3.63, 3.8) is 0 Å². The van der Waals surface area contributed by atoms with Gasteiger partial charge in [0.25, 0.3) is 0 Å². The Morgan fingerprint density at radius 3 is 2.45 bits per heavy atom. The molecule has 1 fully saturated rings. The number of nitrogens with zero attached hydrogens (tertiary/aromatic N) is 4. The fourth-order valence-corrected chi connectivity index (χ4v) is 3.65. The van der Waals surface area contributed by atoms with Gasteiger partial charge in [-0.05, 0) is 42.5 Å². The molecule has 1 aromatic carbocycles. The number of piperazine rings is 1. The van der Waals surface area contributed by atoms with Crippen molar-refractivity contribution in [2.24, 2.45) is 5.73 Å². The fraction of sp³-hybridized carbons (Fsp3) is 0.190. The predicted molar refractivity (Wildman–Crippen MR) is 113 cm³/mol. The highest BCUT2D eigenvalue weighted by Gasteiger charge is 2.20. The highest BCUT2D eigenvalue weighted by molar-refractivity contribution is 6.31. The maximum Gasteiger partial charge on any atom is 0.248 e. The van der Waals surface area contributed by atoms with Crippen molar-refractivity contribution in [3.05, 3.63) is 71.1 Å². The molecule has 29 heavy (non-hydrogen) atoms. The van der Waals surface area contributed by atoms with Crippen LogP contribution in [-0.2, 0) is 4.79 Å². The lowest BCUT2D eigenvalue weighted by molar-refractivity contribution is -0.126. The summed E-state index contributed by atoms with van der Waals surface area (Å²) >= 11 is 6.21. The minimum atomic E-state index is -0.440. The summed E-state index contributed by atoms with van der Waals surface area (Å²) < 4.78 is 1.85. The highest BCUT2D eigenvalue weighted by atomic mass is 35.5. The van der Waals surface area contributed by atoms with Gasteiger partial charge in [-0.2, -0.15) is 0 Å². The van der Waals surface area contributed by atoms with Gasteiger partial charge in [-0.3, -0.25) is 14.0 Å². The summed E-state index contributed by atoms with van der Waals surface area (Å²) in [6.07, 6.45) is 5.11. The second-order valence-electron chi connectivity index (χ2n) is 6.77. The topological polar surface area (TPSA) is 83.9 Å². The highest BCUT2D eigenvalue weighted by Crippen LogP contribution is 2.20. The number of primary amides is 1. The molecule has 7 nitrogen and oxygen atoms in total. The first-order valence-corrected chi connectivity index (χ1v) is 9.65. The summed E-state index contributed by atoms with van der Waals surface area (Å²) in [6, 6.07) is 12.8. The van der Waals surface area contributed by atoms with Crippen LogP contribution in [0.1, 0.15) is 16.1 Å². The summed E-state index contributed by atoms with van der Waals surface area (Å²) in [4.78, 5) is 32.1. The van der Waals surface area contributed by atoms with Crippen LogP contribution in [0.15, 0.2) is 54.7 Å². The third kappa shape index (κ3) is 3.95. The van der Waals surface area contributed by atoms with Gasteiger partial charge in [-0.25, -0.2) is 4.98 Å². The maximum absolute atomic E-state index is 12.6. The zero-order chi connectivity index (χ0) is 20.4. The molecule has 148 valence electrons. The molecule has 0 aliphatic carbocycles. The number of pyridine rings is 1. The monoisotopic (exact) mass is 409 g/mol. The van der Waals surface area contributed by atoms with Gasteiger partial charge in [0.2, 0.25) is 11.8 Å². The van der Waals surface area contributed by atoms with Crippen LogP contribution in [0.25, 0.3) is 11.7 Å². The minimum Gasteiger partial charge on any atom is -0.368 e. The van der Waals surface area contributed by atoms with E-state index >= 15 is 0 Å². The number of amides is 2. The minimum absolute atomic E-state index is 0.0596. The molecule has 0 atom stereocenters. The lowest BCUT2D eigenvalue weighted by Crippen LogP contribution is -2.48. The Kier molecular flexibility index (Phi) is 5.22. The van der Waals surface area contributed by atoms with Gasteiger partial charge in [0.05, 0.1) is 5.69 Å². The largest absolute Gasteiger partial charge is 0.368 e. The van der Waals surface area contributed by atoms with Crippen LogP contribution in [0.3, 0.4) is 0 Å². The van der Waals surface area contributed by atoms with Crippen molar-refractivity contribution in [1.82, 2.24) is 14.3 Å². The molecule has 0 saturated carbocycles. The quantitative estimate of drug-likeness (QED) is 0.671. The van der Waals surface area contributed by atoms with E-state index in [2.05, 4.69) is 9.88 Å². The zero-order valence-corrected chi connectivity index (χ0v) is 16.4. The SMILES string of the molecule is NC(=O)c1ccc(N2CCN(C(=O)/C=C/c3c(Cl)nc4ccccn34)CC2)cc1. The molecule has 8 heteroatoms. The average Bonchev–Trinajstić information content (AvgIpc) is 3.07. The van der Waals surface area contributed by atoms with Crippen LogP contribution in [0, 0.1) is 0 Å². The van der Waals surface area contributed by atoms with Gasteiger partial charge in [0.15, 0.2) is 5.15 Å². The van der Waals surface area contributed by atoms with E-state index in [0.717, 1.165) is 11.3 Å². The van der Waals surface area contributed by atoms with Gasteiger partial charge in [0, 0.05) is 49.7 Å². The van der Waals surface area contributed by atoms with Gasteiger partial charge in [0.1, 0.15) is 5.65 Å². The van der Waals surface area contributed by atoms with E-state index in [1.807, 2.05) is 45.8 Å². The molecular formula is C21H20ClN5O2. The first kappa shape index (κ1) is 19.0. The van der Waals surface area contributed by atoms with Crippen molar-refractivity contribution in [1.29, 1.82) is 0 Å². The molecule has 1 aliphatic rings. The molecular weight excluding hydrogens is 390 g/mol. The molecule has 0 unspecified atom stereocenters. The Morgan fingerprint density at radius 1 is 1.03 bits per heavy atom. The number of hydrogen-bond donors (Lipinski definition) is 1. The number of rotatable bonds is 4. The average molecular weight is 410 g/mol. The second-order valence-corrected chi connectivity index (χ2v) is 7.13. The number of carbonyl (C=O) groups excluding carboxylic acids is 2. The maximum atomic E-state index is 12.6. The summed E-state index contributed by atoms with van der Waals surface area (Å²) in [6.45, 7) is 2.65. The number of imidazole rings is 1. The fourth-order valence-electron chi connectivity index (χ4n) is 3.41. The number of halogens is 1. The normalized spacial score (nSPS) is 14.7. The molecule has 2 N–H and O–H groups in total. The van der Waals surface area contributed by atoms with Crippen LogP contribution in [0.5, 0.6) is 0 Å². The lowest BCUT2D eigenvalue weighted by atomic mass is 10.1. The smallest absolute Gasteiger partial charge is 0.248 e. The molecule has 2 aromatic heterocycles. The number of hydrogen-bond acceptors (Lipinski definition) is 4. The number of fused-ring (bicyclic) bond motifs is 1. The summed E-state index contributed by atoms with van der Waals surface area (Å²) in [5, 5.41) is 0.365. The van der Waals surface area contributed by atoms with Crippen LogP contribution < -0.4 is 10.6 Å². The third-order valence-corrected chi connectivity index (χ3v) is 5.29. The number of anilines is 1. The molecule has 0 radical (unpaired) electrons. The van der Waals surface area contributed by atoms with E-state index in [9.17, 15) is 9.59 Å². The summed E-state index contributed by atoms with van der Waals surface area (Å²) in [5.74, 6) is -0.500. The Morgan fingerprint density at radius 2 is 1.76 bits per heavy atom. The first-order chi connectivity index (χ1) is 14.0. The number of carbonyl (C=O) groups is 2. The Labute approximate surface area is 173 Å². The second kappa shape index (κ2) is 7.97. The van der Waals surface area contributed by atoms with Crippen molar-refractivity contribution in [3.8, 4) is 0 Å². The predicted octanol–water partition coefficient (Wildman–Crippen LogP) is 2.45. The number of benzene rings is 1. The molecule has 1 aliphatic heterocycles. The van der Waals surface area contributed by atoms with Crippen molar-refractivity contribution in [2.75, 3.05) is 31.1 Å². The van der Waals surface area contributed by atoms with Gasteiger partial charge >= 0.3 is 0 Å². The van der Waals surface area contributed by atoms with E-state index in [-0.39, 0.29) is 5.91 Å². The van der Waals surface area contributed by atoms with Crippen molar-refractivity contribution >= 4 is 40.8 Å². The van der Waals surface area contributed by atoms with Crippen molar-refractivity contribution < 1.29 is 9.59 Å². The molecule has 1 saturated heterocycles. The standard InChI is InChI=1S/C21H20ClN5O2/c22-20-17(27-10-2-1-3-18(27)24-20)8-9-19(28)26-13-11-25(12-14-26)16-6-4-15(5-7-16)21(23)29/h1-10H,11-14H2,(H2,23,29)/b9-8+. The van der Waals surface area contributed by atoms with E-state index in [1.54, 1.807) is 24.3 Å². The first-order valence-electron chi connectivity index (χ1n) is 9.27. The van der Waals surface area contributed by atoms with E-state index in [1.165, 1.54) is 0 Å².